The van der Waals surface area contributed by atoms with E-state index in [1.807, 2.05) is 6.07 Å². The van der Waals surface area contributed by atoms with Crippen LogP contribution in [0.4, 0.5) is 11.4 Å². The summed E-state index contributed by atoms with van der Waals surface area (Å²) in [6, 6.07) is 8.63. The predicted octanol–water partition coefficient (Wildman–Crippen LogP) is 1.22. The van der Waals surface area contributed by atoms with E-state index in [1.165, 1.54) is 18.5 Å². The molecule has 0 spiro atoms. The molecule has 132 valence electrons. The predicted molar refractivity (Wildman–Crippen MR) is 97.8 cm³/mol. The van der Waals surface area contributed by atoms with Crippen molar-refractivity contribution in [2.24, 2.45) is 0 Å². The fraction of sp³-hybridized carbons (Fsp3) is 0.579. The molecule has 3 fully saturated rings. The van der Waals surface area contributed by atoms with Crippen LogP contribution in [0.5, 0.6) is 0 Å². The summed E-state index contributed by atoms with van der Waals surface area (Å²) >= 11 is 0. The van der Waals surface area contributed by atoms with Gasteiger partial charge in [-0.25, -0.2) is 0 Å². The van der Waals surface area contributed by atoms with Gasteiger partial charge >= 0.3 is 0 Å². The molecule has 3 heterocycles. The highest BCUT2D eigenvalue weighted by atomic mass is 16.2. The van der Waals surface area contributed by atoms with E-state index in [4.69, 9.17) is 0 Å². The highest BCUT2D eigenvalue weighted by Gasteiger charge is 2.30. The summed E-state index contributed by atoms with van der Waals surface area (Å²) in [7, 11) is 0. The molecule has 0 aliphatic carbocycles. The fourth-order valence-electron chi connectivity index (χ4n) is 3.96. The molecule has 25 heavy (non-hydrogen) atoms. The second-order valence-corrected chi connectivity index (χ2v) is 7.24. The zero-order valence-corrected chi connectivity index (χ0v) is 14.5. The molecule has 6 nitrogen and oxygen atoms in total. The summed E-state index contributed by atoms with van der Waals surface area (Å²) in [4.78, 5) is 16.8. The van der Waals surface area contributed by atoms with Crippen LogP contribution in [0.3, 0.4) is 0 Å². The summed E-state index contributed by atoms with van der Waals surface area (Å²) in [6.45, 7) is 4.78. The Kier molecular flexibility index (Phi) is 4.50. The minimum absolute atomic E-state index is 0.0118. The van der Waals surface area contributed by atoms with Crippen molar-refractivity contribution in [1.82, 2.24) is 10.6 Å². The minimum atomic E-state index is -0.0118. The van der Waals surface area contributed by atoms with E-state index in [0.29, 0.717) is 0 Å². The van der Waals surface area contributed by atoms with Crippen LogP contribution in [0.15, 0.2) is 18.2 Å². The molecule has 0 radical (unpaired) electrons. The Morgan fingerprint density at radius 2 is 2.00 bits per heavy atom. The quantitative estimate of drug-likeness (QED) is 0.863. The number of nitriles is 1. The molecule has 1 aromatic carbocycles. The topological polar surface area (TPSA) is 71.4 Å². The normalized spacial score (nSPS) is 25.6. The third-order valence-corrected chi connectivity index (χ3v) is 5.59. The maximum Gasteiger partial charge on any atom is 0.237 e. The molecule has 4 rings (SSSR count). The van der Waals surface area contributed by atoms with Crippen LogP contribution in [0.25, 0.3) is 0 Å². The van der Waals surface area contributed by atoms with Crippen LogP contribution in [0.1, 0.15) is 31.2 Å². The lowest BCUT2D eigenvalue weighted by atomic mass is 10.1. The van der Waals surface area contributed by atoms with Gasteiger partial charge in [0, 0.05) is 37.9 Å². The van der Waals surface area contributed by atoms with E-state index in [2.05, 4.69) is 38.6 Å². The lowest BCUT2D eigenvalue weighted by Gasteiger charge is -2.28. The first-order valence-electron chi connectivity index (χ1n) is 9.32. The molecule has 2 atom stereocenters. The van der Waals surface area contributed by atoms with E-state index >= 15 is 0 Å². The lowest BCUT2D eigenvalue weighted by Crippen LogP contribution is -2.55. The third kappa shape index (κ3) is 3.29. The Hall–Kier alpha value is -2.26. The molecule has 6 heteroatoms. The van der Waals surface area contributed by atoms with Gasteiger partial charge in [-0.2, -0.15) is 5.26 Å². The van der Waals surface area contributed by atoms with Gasteiger partial charge in [-0.3, -0.25) is 4.79 Å². The van der Waals surface area contributed by atoms with Crippen LogP contribution >= 0.6 is 0 Å². The van der Waals surface area contributed by atoms with Crippen molar-refractivity contribution in [3.05, 3.63) is 23.8 Å². The Morgan fingerprint density at radius 1 is 1.20 bits per heavy atom. The number of amides is 1. The molecular weight excluding hydrogens is 314 g/mol. The van der Waals surface area contributed by atoms with Crippen molar-refractivity contribution in [3.8, 4) is 6.07 Å². The average Bonchev–Trinajstić information content (AvgIpc) is 3.24. The molecule has 0 saturated carbocycles. The van der Waals surface area contributed by atoms with Crippen LogP contribution in [0.2, 0.25) is 0 Å². The Morgan fingerprint density at radius 3 is 2.68 bits per heavy atom. The molecule has 0 aromatic heterocycles. The van der Waals surface area contributed by atoms with E-state index in [0.717, 1.165) is 56.8 Å². The molecule has 0 bridgehead atoms. The van der Waals surface area contributed by atoms with Gasteiger partial charge in [-0.15, -0.1) is 0 Å². The number of hydrogen-bond acceptors (Lipinski definition) is 5. The number of hydrogen-bond donors (Lipinski definition) is 2. The number of nitrogens with one attached hydrogen (secondary N) is 2. The van der Waals surface area contributed by atoms with Gasteiger partial charge in [0.1, 0.15) is 6.07 Å². The van der Waals surface area contributed by atoms with Crippen molar-refractivity contribution in [3.63, 3.8) is 0 Å². The highest BCUT2D eigenvalue weighted by Crippen LogP contribution is 2.30. The number of nitrogens with zero attached hydrogens (tertiary/aromatic N) is 3. The average molecular weight is 339 g/mol. The standard InChI is InChI=1S/C19H25N5O/c20-12-14-3-4-16(23-8-1-2-9-23)11-18(14)24-10-6-15(13-24)22-19(25)17-5-7-21-17/h3-4,11,15,17,21H,1-2,5-10,13H2,(H,22,25). The first-order chi connectivity index (χ1) is 12.2. The van der Waals surface area contributed by atoms with Gasteiger partial charge in [-0.05, 0) is 50.4 Å². The van der Waals surface area contributed by atoms with E-state index in [-0.39, 0.29) is 18.0 Å². The van der Waals surface area contributed by atoms with Gasteiger partial charge in [0.05, 0.1) is 17.3 Å². The lowest BCUT2D eigenvalue weighted by molar-refractivity contribution is -0.125. The van der Waals surface area contributed by atoms with Crippen molar-refractivity contribution in [2.45, 2.75) is 37.8 Å². The number of anilines is 2. The summed E-state index contributed by atoms with van der Waals surface area (Å²) in [5.41, 5.74) is 2.93. The van der Waals surface area contributed by atoms with Crippen molar-refractivity contribution < 1.29 is 4.79 Å². The van der Waals surface area contributed by atoms with Gasteiger partial charge in [0.25, 0.3) is 0 Å². The van der Waals surface area contributed by atoms with Crippen LogP contribution < -0.4 is 20.4 Å². The van der Waals surface area contributed by atoms with Gasteiger partial charge in [0.2, 0.25) is 5.91 Å². The molecule has 1 amide bonds. The molecule has 1 aromatic rings. The zero-order valence-electron chi connectivity index (χ0n) is 14.5. The molecular formula is C19H25N5O. The van der Waals surface area contributed by atoms with Crippen LogP contribution in [-0.2, 0) is 4.79 Å². The van der Waals surface area contributed by atoms with Crippen molar-refractivity contribution in [1.29, 1.82) is 5.26 Å². The van der Waals surface area contributed by atoms with Gasteiger partial charge in [0.15, 0.2) is 0 Å². The third-order valence-electron chi connectivity index (χ3n) is 5.59. The highest BCUT2D eigenvalue weighted by molar-refractivity contribution is 5.83. The number of benzene rings is 1. The molecule has 3 saturated heterocycles. The van der Waals surface area contributed by atoms with E-state index in [9.17, 15) is 10.1 Å². The first-order valence-corrected chi connectivity index (χ1v) is 9.32. The smallest absolute Gasteiger partial charge is 0.237 e. The summed E-state index contributed by atoms with van der Waals surface area (Å²) in [6.07, 6.45) is 4.33. The fourth-order valence-corrected chi connectivity index (χ4v) is 3.96. The van der Waals surface area contributed by atoms with Gasteiger partial charge in [-0.1, -0.05) is 0 Å². The number of rotatable bonds is 4. The number of carbonyl (C=O) groups excluding carboxylic acids is 1. The van der Waals surface area contributed by atoms with Gasteiger partial charge < -0.3 is 20.4 Å². The Labute approximate surface area is 148 Å². The van der Waals surface area contributed by atoms with Crippen molar-refractivity contribution in [2.75, 3.05) is 42.5 Å². The monoisotopic (exact) mass is 339 g/mol. The minimum Gasteiger partial charge on any atom is -0.371 e. The van der Waals surface area contributed by atoms with Crippen molar-refractivity contribution >= 4 is 17.3 Å². The molecule has 2 N–H and O–H groups in total. The summed E-state index contributed by atoms with van der Waals surface area (Å²) in [5.74, 6) is 0.115. The molecule has 2 unspecified atom stereocenters. The second-order valence-electron chi connectivity index (χ2n) is 7.24. The van der Waals surface area contributed by atoms with Crippen LogP contribution in [0, 0.1) is 11.3 Å². The zero-order chi connectivity index (χ0) is 17.2. The number of carbonyl (C=O) groups is 1. The first kappa shape index (κ1) is 16.2. The summed E-state index contributed by atoms with van der Waals surface area (Å²) < 4.78 is 0. The SMILES string of the molecule is N#Cc1ccc(N2CCCC2)cc1N1CCC(NC(=O)C2CCN2)C1. The van der Waals surface area contributed by atoms with E-state index in [1.54, 1.807) is 0 Å². The maximum atomic E-state index is 12.1. The summed E-state index contributed by atoms with van der Waals surface area (Å²) in [5, 5.41) is 15.8. The molecule has 3 aliphatic heterocycles. The maximum absolute atomic E-state index is 12.1. The molecule has 3 aliphatic rings. The largest absolute Gasteiger partial charge is 0.371 e. The second kappa shape index (κ2) is 6.93. The Bertz CT molecular complexity index is 688. The van der Waals surface area contributed by atoms with Crippen LogP contribution in [-0.4, -0.2) is 50.7 Å². The Balaban J connectivity index is 1.46. The van der Waals surface area contributed by atoms with E-state index < -0.39 is 0 Å².